The van der Waals surface area contributed by atoms with Gasteiger partial charge in [0.25, 0.3) is 0 Å². The van der Waals surface area contributed by atoms with Crippen LogP contribution in [-0.4, -0.2) is 4.40 Å². The average molecular weight is 460 g/mol. The predicted octanol–water partition coefficient (Wildman–Crippen LogP) is 9.93. The summed E-state index contributed by atoms with van der Waals surface area (Å²) in [6.45, 7) is 4.53. The minimum absolute atomic E-state index is 0.504. The van der Waals surface area contributed by atoms with E-state index in [2.05, 4.69) is 127 Å². The Kier molecular flexibility index (Phi) is 3.92. The van der Waals surface area contributed by atoms with Crippen molar-refractivity contribution in [3.63, 3.8) is 0 Å². The molecule has 6 aromatic carbocycles. The van der Waals surface area contributed by atoms with Gasteiger partial charge in [-0.2, -0.15) is 0 Å². The van der Waals surface area contributed by atoms with Crippen LogP contribution < -0.4 is 0 Å². The second kappa shape index (κ2) is 7.08. The molecule has 170 valence electrons. The standard InChI is InChI=1S/C35H25N/c1-21(2)22-12-7-13-23(14-22)28-17-31-29-15-24-8-3-5-10-26(24)19-33(29)36-34-20-27-11-6-4-9-25(27)16-30(34)32(18-28)35(31)36/h3-21H,1-2H3. The smallest absolute Gasteiger partial charge is 0.0620 e. The highest BCUT2D eigenvalue weighted by atomic mass is 14.9. The van der Waals surface area contributed by atoms with Crippen molar-refractivity contribution in [3.05, 3.63) is 115 Å². The van der Waals surface area contributed by atoms with E-state index in [1.807, 2.05) is 0 Å². The van der Waals surface area contributed by atoms with Gasteiger partial charge in [0, 0.05) is 21.5 Å². The van der Waals surface area contributed by atoms with Crippen LogP contribution in [0.4, 0.5) is 0 Å². The number of rotatable bonds is 2. The monoisotopic (exact) mass is 459 g/mol. The first-order valence-corrected chi connectivity index (χ1v) is 12.8. The fourth-order valence-electron chi connectivity index (χ4n) is 6.16. The van der Waals surface area contributed by atoms with Crippen LogP contribution in [0.25, 0.3) is 70.8 Å². The summed E-state index contributed by atoms with van der Waals surface area (Å²) in [7, 11) is 0. The molecular weight excluding hydrogens is 434 g/mol. The van der Waals surface area contributed by atoms with Crippen LogP contribution in [0.1, 0.15) is 25.3 Å². The lowest BCUT2D eigenvalue weighted by atomic mass is 9.95. The van der Waals surface area contributed by atoms with E-state index in [0.29, 0.717) is 5.92 Å². The largest absolute Gasteiger partial charge is 0.308 e. The number of nitrogens with zero attached hydrogens (tertiary/aromatic N) is 1. The lowest BCUT2D eigenvalue weighted by Crippen LogP contribution is -1.88. The maximum absolute atomic E-state index is 2.50. The van der Waals surface area contributed by atoms with Gasteiger partial charge >= 0.3 is 0 Å². The van der Waals surface area contributed by atoms with Gasteiger partial charge in [0.05, 0.1) is 16.6 Å². The van der Waals surface area contributed by atoms with Crippen LogP contribution in [-0.2, 0) is 0 Å². The molecule has 8 aromatic rings. The molecule has 0 fully saturated rings. The SMILES string of the molecule is CC(C)c1cccc(-c2cc3c4cc5ccccc5cc4n4c5cc6ccccc6cc5c(c2)c34)c1. The molecular formula is C35H25N. The third kappa shape index (κ3) is 2.66. The van der Waals surface area contributed by atoms with Crippen molar-refractivity contribution in [3.8, 4) is 11.1 Å². The second-order valence-corrected chi connectivity index (χ2v) is 10.5. The summed E-state index contributed by atoms with van der Waals surface area (Å²) in [6.07, 6.45) is 0. The summed E-state index contributed by atoms with van der Waals surface area (Å²) in [5, 5.41) is 10.5. The molecule has 8 rings (SSSR count). The molecule has 0 aliphatic rings. The molecule has 0 radical (unpaired) electrons. The van der Waals surface area contributed by atoms with Crippen molar-refractivity contribution in [1.29, 1.82) is 0 Å². The van der Waals surface area contributed by atoms with Gasteiger partial charge in [0.1, 0.15) is 0 Å². The zero-order valence-corrected chi connectivity index (χ0v) is 20.4. The number of aromatic nitrogens is 1. The summed E-state index contributed by atoms with van der Waals surface area (Å²) in [5.41, 5.74) is 7.85. The number of hydrogen-bond donors (Lipinski definition) is 0. The van der Waals surface area contributed by atoms with Crippen LogP contribution in [0.2, 0.25) is 0 Å². The molecule has 0 bridgehead atoms. The lowest BCUT2D eigenvalue weighted by Gasteiger charge is -2.09. The van der Waals surface area contributed by atoms with Crippen molar-refractivity contribution in [2.24, 2.45) is 0 Å². The van der Waals surface area contributed by atoms with E-state index in [1.54, 1.807) is 0 Å². The molecule has 0 aliphatic carbocycles. The zero-order valence-electron chi connectivity index (χ0n) is 20.4. The average Bonchev–Trinajstić information content (AvgIpc) is 3.41. The summed E-state index contributed by atoms with van der Waals surface area (Å²) < 4.78 is 2.50. The number of hydrogen-bond acceptors (Lipinski definition) is 0. The van der Waals surface area contributed by atoms with Crippen molar-refractivity contribution < 1.29 is 0 Å². The molecule has 0 unspecified atom stereocenters. The summed E-state index contributed by atoms with van der Waals surface area (Å²) in [4.78, 5) is 0. The fourth-order valence-corrected chi connectivity index (χ4v) is 6.16. The van der Waals surface area contributed by atoms with Gasteiger partial charge in [0.2, 0.25) is 0 Å². The van der Waals surface area contributed by atoms with Crippen LogP contribution in [0.15, 0.2) is 109 Å². The maximum atomic E-state index is 2.50. The molecule has 1 heteroatoms. The van der Waals surface area contributed by atoms with Gasteiger partial charge < -0.3 is 4.40 Å². The Hall–Kier alpha value is -4.36. The van der Waals surface area contributed by atoms with Crippen LogP contribution in [0, 0.1) is 0 Å². The maximum Gasteiger partial charge on any atom is 0.0620 e. The lowest BCUT2D eigenvalue weighted by molar-refractivity contribution is 0.867. The Bertz CT molecular complexity index is 2000. The van der Waals surface area contributed by atoms with E-state index in [4.69, 9.17) is 0 Å². The van der Waals surface area contributed by atoms with E-state index in [1.165, 1.54) is 76.3 Å². The van der Waals surface area contributed by atoms with Gasteiger partial charge in [-0.1, -0.05) is 86.6 Å². The minimum atomic E-state index is 0.504. The summed E-state index contributed by atoms with van der Waals surface area (Å²) >= 11 is 0. The van der Waals surface area contributed by atoms with Gasteiger partial charge in [-0.15, -0.1) is 0 Å². The fraction of sp³-hybridized carbons (Fsp3) is 0.0857. The van der Waals surface area contributed by atoms with E-state index in [9.17, 15) is 0 Å². The Morgan fingerprint density at radius 3 is 1.53 bits per heavy atom. The van der Waals surface area contributed by atoms with Gasteiger partial charge in [-0.05, 0) is 80.6 Å². The first-order valence-electron chi connectivity index (χ1n) is 12.8. The highest BCUT2D eigenvalue weighted by Gasteiger charge is 2.20. The molecule has 2 heterocycles. The Morgan fingerprint density at radius 2 is 1.00 bits per heavy atom. The predicted molar refractivity (Wildman–Crippen MR) is 156 cm³/mol. The Morgan fingerprint density at radius 1 is 0.472 bits per heavy atom. The molecule has 0 spiro atoms. The first kappa shape index (κ1) is 19.9. The Labute approximate surface area is 209 Å². The molecule has 0 saturated carbocycles. The third-order valence-electron chi connectivity index (χ3n) is 8.01. The van der Waals surface area contributed by atoms with E-state index >= 15 is 0 Å². The Balaban J connectivity index is 1.59. The molecule has 0 N–H and O–H groups in total. The minimum Gasteiger partial charge on any atom is -0.308 e. The number of benzene rings is 6. The zero-order chi connectivity index (χ0) is 24.0. The molecule has 0 atom stereocenters. The first-order chi connectivity index (χ1) is 17.7. The van der Waals surface area contributed by atoms with E-state index in [-0.39, 0.29) is 0 Å². The molecule has 1 nitrogen and oxygen atoms in total. The molecule has 0 saturated heterocycles. The highest BCUT2D eigenvalue weighted by Crippen LogP contribution is 2.43. The van der Waals surface area contributed by atoms with Crippen LogP contribution in [0.5, 0.6) is 0 Å². The second-order valence-electron chi connectivity index (χ2n) is 10.5. The van der Waals surface area contributed by atoms with Gasteiger partial charge in [0.15, 0.2) is 0 Å². The summed E-state index contributed by atoms with van der Waals surface area (Å²) in [5.74, 6) is 0.504. The molecule has 36 heavy (non-hydrogen) atoms. The van der Waals surface area contributed by atoms with Crippen LogP contribution >= 0.6 is 0 Å². The highest BCUT2D eigenvalue weighted by molar-refractivity contribution is 6.26. The topological polar surface area (TPSA) is 4.41 Å². The summed E-state index contributed by atoms with van der Waals surface area (Å²) in [6, 6.07) is 40.8. The van der Waals surface area contributed by atoms with E-state index < -0.39 is 0 Å². The molecule has 0 amide bonds. The van der Waals surface area contributed by atoms with Gasteiger partial charge in [-0.25, -0.2) is 0 Å². The van der Waals surface area contributed by atoms with Crippen molar-refractivity contribution >= 4 is 59.6 Å². The third-order valence-corrected chi connectivity index (χ3v) is 8.01. The van der Waals surface area contributed by atoms with Crippen molar-refractivity contribution in [1.82, 2.24) is 4.40 Å². The number of fused-ring (bicyclic) bond motifs is 8. The normalized spacial score (nSPS) is 12.4. The van der Waals surface area contributed by atoms with E-state index in [0.717, 1.165) is 0 Å². The quantitative estimate of drug-likeness (QED) is 0.242. The van der Waals surface area contributed by atoms with Crippen molar-refractivity contribution in [2.45, 2.75) is 19.8 Å². The van der Waals surface area contributed by atoms with Gasteiger partial charge in [-0.3, -0.25) is 0 Å². The molecule has 0 aliphatic heterocycles. The van der Waals surface area contributed by atoms with Crippen molar-refractivity contribution in [2.75, 3.05) is 0 Å². The molecule has 2 aromatic heterocycles. The van der Waals surface area contributed by atoms with Crippen LogP contribution in [0.3, 0.4) is 0 Å².